The number of carbonyl (C=O) groups is 1. The molecule has 0 amide bonds. The Morgan fingerprint density at radius 1 is 1.60 bits per heavy atom. The molecule has 0 bridgehead atoms. The summed E-state index contributed by atoms with van der Waals surface area (Å²) >= 11 is 1.39. The van der Waals surface area contributed by atoms with Crippen LogP contribution in [0.25, 0.3) is 0 Å². The number of nitrogens with zero attached hydrogens (tertiary/aromatic N) is 1. The SMILES string of the molecule is CCOC(=O)c1sc(N2CCC(C(C)O)CC2)cc1N. The second-order valence-electron chi connectivity index (χ2n) is 5.15. The van der Waals surface area contributed by atoms with Crippen molar-refractivity contribution in [1.29, 1.82) is 0 Å². The molecule has 0 radical (unpaired) electrons. The normalized spacial score (nSPS) is 18.1. The molecule has 1 atom stereocenters. The van der Waals surface area contributed by atoms with E-state index in [0.717, 1.165) is 30.9 Å². The maximum Gasteiger partial charge on any atom is 0.350 e. The Hall–Kier alpha value is -1.27. The molecule has 1 aliphatic heterocycles. The van der Waals surface area contributed by atoms with Gasteiger partial charge in [-0.1, -0.05) is 0 Å². The van der Waals surface area contributed by atoms with Gasteiger partial charge in [-0.3, -0.25) is 0 Å². The molecule has 2 heterocycles. The number of piperidine rings is 1. The van der Waals surface area contributed by atoms with Gasteiger partial charge in [0.15, 0.2) is 0 Å². The first-order valence-electron chi connectivity index (χ1n) is 7.02. The zero-order valence-electron chi connectivity index (χ0n) is 12.0. The molecule has 1 aromatic heterocycles. The minimum Gasteiger partial charge on any atom is -0.462 e. The van der Waals surface area contributed by atoms with Gasteiger partial charge in [-0.25, -0.2) is 4.79 Å². The minimum atomic E-state index is -0.347. The van der Waals surface area contributed by atoms with Gasteiger partial charge in [-0.05, 0) is 38.7 Å². The lowest BCUT2D eigenvalue weighted by Crippen LogP contribution is -2.36. The highest BCUT2D eigenvalue weighted by atomic mass is 32.1. The Bertz CT molecular complexity index is 465. The van der Waals surface area contributed by atoms with Gasteiger partial charge >= 0.3 is 5.97 Å². The van der Waals surface area contributed by atoms with E-state index in [1.54, 1.807) is 6.92 Å². The predicted molar refractivity (Wildman–Crippen MR) is 81.3 cm³/mol. The van der Waals surface area contributed by atoms with E-state index < -0.39 is 0 Å². The molecule has 112 valence electrons. The Kier molecular flexibility index (Phi) is 4.88. The molecule has 0 aromatic carbocycles. The summed E-state index contributed by atoms with van der Waals surface area (Å²) in [6, 6.07) is 1.85. The number of anilines is 2. The Morgan fingerprint density at radius 2 is 2.25 bits per heavy atom. The summed E-state index contributed by atoms with van der Waals surface area (Å²) in [4.78, 5) is 14.5. The number of rotatable bonds is 4. The molecular formula is C14H22N2O3S. The molecule has 1 saturated heterocycles. The van der Waals surface area contributed by atoms with Gasteiger partial charge in [0, 0.05) is 13.1 Å². The first-order valence-corrected chi connectivity index (χ1v) is 7.84. The van der Waals surface area contributed by atoms with Gasteiger partial charge < -0.3 is 20.5 Å². The van der Waals surface area contributed by atoms with Crippen LogP contribution in [-0.4, -0.2) is 36.9 Å². The molecule has 6 heteroatoms. The van der Waals surface area contributed by atoms with E-state index in [9.17, 15) is 9.90 Å². The quantitative estimate of drug-likeness (QED) is 0.833. The summed E-state index contributed by atoms with van der Waals surface area (Å²) in [6.45, 7) is 5.76. The number of hydrogen-bond acceptors (Lipinski definition) is 6. The highest BCUT2D eigenvalue weighted by molar-refractivity contribution is 7.18. The zero-order chi connectivity index (χ0) is 14.7. The fourth-order valence-corrected chi connectivity index (χ4v) is 3.53. The van der Waals surface area contributed by atoms with Gasteiger partial charge in [0.25, 0.3) is 0 Å². The van der Waals surface area contributed by atoms with Crippen molar-refractivity contribution in [3.05, 3.63) is 10.9 Å². The molecule has 2 rings (SSSR count). The fourth-order valence-electron chi connectivity index (χ4n) is 2.51. The third kappa shape index (κ3) is 3.24. The standard InChI is InChI=1S/C14H22N2O3S/c1-3-19-14(18)13-11(15)8-12(20-13)16-6-4-10(5-7-16)9(2)17/h8-10,17H,3-7,15H2,1-2H3. The van der Waals surface area contributed by atoms with Gasteiger partial charge in [0.2, 0.25) is 0 Å². The number of nitrogens with two attached hydrogens (primary N) is 1. The van der Waals surface area contributed by atoms with Crippen LogP contribution in [0.1, 0.15) is 36.4 Å². The van der Waals surface area contributed by atoms with Crippen molar-refractivity contribution in [3.8, 4) is 0 Å². The lowest BCUT2D eigenvalue weighted by molar-refractivity contribution is 0.0533. The number of ether oxygens (including phenoxy) is 1. The Balaban J connectivity index is 2.04. The number of nitrogen functional groups attached to an aromatic ring is 1. The zero-order valence-corrected chi connectivity index (χ0v) is 12.8. The van der Waals surface area contributed by atoms with Crippen molar-refractivity contribution in [2.75, 3.05) is 30.3 Å². The van der Waals surface area contributed by atoms with Crippen molar-refractivity contribution in [3.63, 3.8) is 0 Å². The van der Waals surface area contributed by atoms with Crippen molar-refractivity contribution < 1.29 is 14.6 Å². The van der Waals surface area contributed by atoms with Gasteiger partial charge in [-0.15, -0.1) is 11.3 Å². The van der Waals surface area contributed by atoms with E-state index in [1.165, 1.54) is 11.3 Å². The number of hydrogen-bond donors (Lipinski definition) is 2. The van der Waals surface area contributed by atoms with E-state index in [-0.39, 0.29) is 12.1 Å². The van der Waals surface area contributed by atoms with Crippen LogP contribution in [0.4, 0.5) is 10.7 Å². The van der Waals surface area contributed by atoms with E-state index in [1.807, 2.05) is 13.0 Å². The molecule has 5 nitrogen and oxygen atoms in total. The average Bonchev–Trinajstić information content (AvgIpc) is 2.81. The van der Waals surface area contributed by atoms with Crippen molar-refractivity contribution in [1.82, 2.24) is 0 Å². The predicted octanol–water partition coefficient (Wildman–Crippen LogP) is 2.10. The van der Waals surface area contributed by atoms with E-state index in [2.05, 4.69) is 4.90 Å². The smallest absolute Gasteiger partial charge is 0.350 e. The maximum absolute atomic E-state index is 11.8. The molecule has 0 saturated carbocycles. The summed E-state index contributed by atoms with van der Waals surface area (Å²) in [5.41, 5.74) is 6.38. The molecular weight excluding hydrogens is 276 g/mol. The summed E-state index contributed by atoms with van der Waals surface area (Å²) in [6.07, 6.45) is 1.68. The monoisotopic (exact) mass is 298 g/mol. The molecule has 1 aliphatic rings. The summed E-state index contributed by atoms with van der Waals surface area (Å²) in [5.74, 6) is 0.0215. The van der Waals surface area contributed by atoms with Gasteiger partial charge in [-0.2, -0.15) is 0 Å². The number of aliphatic hydroxyl groups is 1. The van der Waals surface area contributed by atoms with Crippen LogP contribution in [0.15, 0.2) is 6.07 Å². The van der Waals surface area contributed by atoms with Crippen LogP contribution in [-0.2, 0) is 4.74 Å². The van der Waals surface area contributed by atoms with Crippen molar-refractivity contribution in [2.24, 2.45) is 5.92 Å². The second kappa shape index (κ2) is 6.45. The van der Waals surface area contributed by atoms with Crippen LogP contribution < -0.4 is 10.6 Å². The third-order valence-electron chi connectivity index (χ3n) is 3.74. The highest BCUT2D eigenvalue weighted by Gasteiger charge is 2.25. The maximum atomic E-state index is 11.8. The van der Waals surface area contributed by atoms with Crippen molar-refractivity contribution in [2.45, 2.75) is 32.8 Å². The number of carbonyl (C=O) groups excluding carboxylic acids is 1. The Labute approximate surface area is 123 Å². The molecule has 0 aliphatic carbocycles. The lowest BCUT2D eigenvalue weighted by Gasteiger charge is -2.33. The highest BCUT2D eigenvalue weighted by Crippen LogP contribution is 2.35. The topological polar surface area (TPSA) is 75.8 Å². The second-order valence-corrected chi connectivity index (χ2v) is 6.19. The molecule has 1 aromatic rings. The molecule has 0 spiro atoms. The van der Waals surface area contributed by atoms with Gasteiger partial charge in [0.1, 0.15) is 4.88 Å². The van der Waals surface area contributed by atoms with Crippen LogP contribution in [0, 0.1) is 5.92 Å². The van der Waals surface area contributed by atoms with E-state index >= 15 is 0 Å². The first-order chi connectivity index (χ1) is 9.52. The average molecular weight is 298 g/mol. The van der Waals surface area contributed by atoms with Crippen LogP contribution in [0.2, 0.25) is 0 Å². The molecule has 1 unspecified atom stereocenters. The molecule has 3 N–H and O–H groups in total. The summed E-state index contributed by atoms with van der Waals surface area (Å²) in [7, 11) is 0. The Morgan fingerprint density at radius 3 is 2.80 bits per heavy atom. The van der Waals surface area contributed by atoms with Crippen LogP contribution >= 0.6 is 11.3 Å². The van der Waals surface area contributed by atoms with Gasteiger partial charge in [0.05, 0.1) is 23.4 Å². The summed E-state index contributed by atoms with van der Waals surface area (Å²) in [5, 5.41) is 10.6. The molecule has 1 fully saturated rings. The fraction of sp³-hybridized carbons (Fsp3) is 0.643. The minimum absolute atomic E-state index is 0.249. The van der Waals surface area contributed by atoms with E-state index in [0.29, 0.717) is 23.1 Å². The lowest BCUT2D eigenvalue weighted by atomic mass is 9.92. The van der Waals surface area contributed by atoms with Crippen LogP contribution in [0.5, 0.6) is 0 Å². The number of esters is 1. The number of thiophene rings is 1. The molecule has 20 heavy (non-hydrogen) atoms. The third-order valence-corrected chi connectivity index (χ3v) is 4.93. The van der Waals surface area contributed by atoms with Crippen LogP contribution in [0.3, 0.4) is 0 Å². The summed E-state index contributed by atoms with van der Waals surface area (Å²) < 4.78 is 5.00. The van der Waals surface area contributed by atoms with Crippen molar-refractivity contribution >= 4 is 28.0 Å². The largest absolute Gasteiger partial charge is 0.462 e. The van der Waals surface area contributed by atoms with E-state index in [4.69, 9.17) is 10.5 Å². The first kappa shape index (κ1) is 15.1. The number of aliphatic hydroxyl groups excluding tert-OH is 1.